The van der Waals surface area contributed by atoms with Gasteiger partial charge in [-0.15, -0.1) is 0 Å². The van der Waals surface area contributed by atoms with Crippen LogP contribution in [0.15, 0.2) is 42.5 Å². The maximum absolute atomic E-state index is 12.3. The Balaban J connectivity index is 1.61. The van der Waals surface area contributed by atoms with Gasteiger partial charge in [-0.3, -0.25) is 24.1 Å². The molecule has 2 aromatic carbocycles. The molecule has 0 saturated carbocycles. The second-order valence-electron chi connectivity index (χ2n) is 5.76. The smallest absolute Gasteiger partial charge is 0.324 e. The van der Waals surface area contributed by atoms with E-state index >= 15 is 0 Å². The standard InChI is InChI=1S/C18H10N2O6/c1-19-14(21)12-7-6-9(8-13(12)15(19)22)18(25)26-20-16(23)10-4-2-3-5-11(10)17(20)24/h2-8H,1H3. The van der Waals surface area contributed by atoms with Crippen molar-refractivity contribution >= 4 is 29.6 Å². The average Bonchev–Trinajstić information content (AvgIpc) is 3.02. The molecule has 0 aromatic heterocycles. The second kappa shape index (κ2) is 5.35. The lowest BCUT2D eigenvalue weighted by atomic mass is 10.1. The first-order valence-corrected chi connectivity index (χ1v) is 7.56. The number of imide groups is 2. The Labute approximate surface area is 146 Å². The highest BCUT2D eigenvalue weighted by Crippen LogP contribution is 2.25. The minimum absolute atomic E-state index is 0.0586. The summed E-state index contributed by atoms with van der Waals surface area (Å²) in [7, 11) is 1.33. The van der Waals surface area contributed by atoms with Gasteiger partial charge in [0.15, 0.2) is 0 Å². The third-order valence-corrected chi connectivity index (χ3v) is 4.26. The highest BCUT2D eigenvalue weighted by Gasteiger charge is 2.39. The van der Waals surface area contributed by atoms with Crippen LogP contribution in [0.25, 0.3) is 0 Å². The summed E-state index contributed by atoms with van der Waals surface area (Å²) in [5.41, 5.74) is 0.462. The zero-order chi connectivity index (χ0) is 18.6. The molecule has 0 fully saturated rings. The van der Waals surface area contributed by atoms with Crippen LogP contribution < -0.4 is 0 Å². The van der Waals surface area contributed by atoms with Gasteiger partial charge in [-0.05, 0) is 30.3 Å². The van der Waals surface area contributed by atoms with Crippen LogP contribution in [0.1, 0.15) is 51.8 Å². The lowest BCUT2D eigenvalue weighted by Gasteiger charge is -2.12. The van der Waals surface area contributed by atoms with Gasteiger partial charge in [-0.2, -0.15) is 0 Å². The highest BCUT2D eigenvalue weighted by molar-refractivity contribution is 6.22. The molecule has 0 atom stereocenters. The van der Waals surface area contributed by atoms with E-state index in [0.29, 0.717) is 5.06 Å². The van der Waals surface area contributed by atoms with Crippen molar-refractivity contribution in [3.05, 3.63) is 70.3 Å². The summed E-state index contributed by atoms with van der Waals surface area (Å²) in [5.74, 6) is -3.49. The van der Waals surface area contributed by atoms with Crippen LogP contribution in [0.2, 0.25) is 0 Å². The second-order valence-corrected chi connectivity index (χ2v) is 5.76. The molecular weight excluding hydrogens is 340 g/mol. The summed E-state index contributed by atoms with van der Waals surface area (Å²) < 4.78 is 0. The van der Waals surface area contributed by atoms with Gasteiger partial charge in [0.2, 0.25) is 0 Å². The lowest BCUT2D eigenvalue weighted by Crippen LogP contribution is -2.32. The molecule has 128 valence electrons. The van der Waals surface area contributed by atoms with Gasteiger partial charge in [0, 0.05) is 7.05 Å². The summed E-state index contributed by atoms with van der Waals surface area (Å²) in [6.07, 6.45) is 0. The Morgan fingerprint density at radius 1 is 0.769 bits per heavy atom. The largest absolute Gasteiger partial charge is 0.363 e. The summed E-state index contributed by atoms with van der Waals surface area (Å²) >= 11 is 0. The molecule has 2 aromatic rings. The Hall–Kier alpha value is -3.81. The molecular formula is C18H10N2O6. The number of carbonyl (C=O) groups is 5. The van der Waals surface area contributed by atoms with E-state index in [1.165, 1.54) is 37.4 Å². The quantitative estimate of drug-likeness (QED) is 0.756. The Bertz CT molecular complexity index is 1010. The number of nitrogens with zero attached hydrogens (tertiary/aromatic N) is 2. The maximum atomic E-state index is 12.3. The number of hydrogen-bond acceptors (Lipinski definition) is 6. The third-order valence-electron chi connectivity index (χ3n) is 4.26. The van der Waals surface area contributed by atoms with E-state index in [0.717, 1.165) is 4.90 Å². The molecule has 26 heavy (non-hydrogen) atoms. The third kappa shape index (κ3) is 2.05. The molecule has 2 heterocycles. The fourth-order valence-corrected chi connectivity index (χ4v) is 2.87. The normalized spacial score (nSPS) is 15.4. The first kappa shape index (κ1) is 15.7. The molecule has 0 spiro atoms. The van der Waals surface area contributed by atoms with Crippen molar-refractivity contribution < 1.29 is 28.8 Å². The van der Waals surface area contributed by atoms with E-state index in [2.05, 4.69) is 0 Å². The molecule has 2 aliphatic heterocycles. The zero-order valence-corrected chi connectivity index (χ0v) is 13.4. The molecule has 0 aliphatic carbocycles. The molecule has 0 saturated heterocycles. The van der Waals surface area contributed by atoms with Gasteiger partial charge < -0.3 is 4.84 Å². The van der Waals surface area contributed by atoms with Gasteiger partial charge >= 0.3 is 5.97 Å². The van der Waals surface area contributed by atoms with Crippen LogP contribution in [0.4, 0.5) is 0 Å². The Morgan fingerprint density at radius 2 is 1.31 bits per heavy atom. The summed E-state index contributed by atoms with van der Waals surface area (Å²) in [6, 6.07) is 9.93. The van der Waals surface area contributed by atoms with Crippen molar-refractivity contribution in [3.8, 4) is 0 Å². The fourth-order valence-electron chi connectivity index (χ4n) is 2.87. The molecule has 2 aliphatic rings. The number of hydrogen-bond donors (Lipinski definition) is 0. The first-order chi connectivity index (χ1) is 12.4. The van der Waals surface area contributed by atoms with Crippen LogP contribution in [-0.2, 0) is 4.84 Å². The van der Waals surface area contributed by atoms with Gasteiger partial charge in [-0.1, -0.05) is 17.2 Å². The highest BCUT2D eigenvalue weighted by atomic mass is 16.7. The summed E-state index contributed by atoms with van der Waals surface area (Å²) in [5, 5.41) is 0.388. The fraction of sp³-hybridized carbons (Fsp3) is 0.0556. The van der Waals surface area contributed by atoms with Crippen molar-refractivity contribution in [2.24, 2.45) is 0 Å². The topological polar surface area (TPSA) is 101 Å². The SMILES string of the molecule is CN1C(=O)c2ccc(C(=O)ON3C(=O)c4ccccc4C3=O)cc2C1=O. The molecule has 8 nitrogen and oxygen atoms in total. The number of benzene rings is 2. The molecule has 4 rings (SSSR count). The minimum atomic E-state index is -0.989. The maximum Gasteiger partial charge on any atom is 0.363 e. The molecule has 8 heteroatoms. The van der Waals surface area contributed by atoms with E-state index in [-0.39, 0.29) is 27.8 Å². The number of fused-ring (bicyclic) bond motifs is 2. The minimum Gasteiger partial charge on any atom is -0.324 e. The zero-order valence-electron chi connectivity index (χ0n) is 13.4. The molecule has 0 bridgehead atoms. The van der Waals surface area contributed by atoms with E-state index in [4.69, 9.17) is 4.84 Å². The monoisotopic (exact) mass is 350 g/mol. The van der Waals surface area contributed by atoms with Gasteiger partial charge in [-0.25, -0.2) is 4.79 Å². The van der Waals surface area contributed by atoms with E-state index in [9.17, 15) is 24.0 Å². The predicted octanol–water partition coefficient (Wildman–Crippen LogP) is 1.28. The van der Waals surface area contributed by atoms with Gasteiger partial charge in [0.1, 0.15) is 0 Å². The first-order valence-electron chi connectivity index (χ1n) is 7.56. The predicted molar refractivity (Wildman–Crippen MR) is 85.2 cm³/mol. The van der Waals surface area contributed by atoms with Gasteiger partial charge in [0.05, 0.1) is 27.8 Å². The van der Waals surface area contributed by atoms with E-state index in [1.54, 1.807) is 12.1 Å². The van der Waals surface area contributed by atoms with Crippen LogP contribution in [0, 0.1) is 0 Å². The molecule has 0 radical (unpaired) electrons. The lowest BCUT2D eigenvalue weighted by molar-refractivity contribution is -0.0584. The molecule has 4 amide bonds. The van der Waals surface area contributed by atoms with Crippen LogP contribution >= 0.6 is 0 Å². The number of amides is 4. The average molecular weight is 350 g/mol. The van der Waals surface area contributed by atoms with Crippen molar-refractivity contribution in [3.63, 3.8) is 0 Å². The van der Waals surface area contributed by atoms with Crippen molar-refractivity contribution in [2.45, 2.75) is 0 Å². The van der Waals surface area contributed by atoms with Crippen LogP contribution in [-0.4, -0.2) is 46.6 Å². The number of carbonyl (C=O) groups excluding carboxylic acids is 5. The van der Waals surface area contributed by atoms with Crippen LogP contribution in [0.5, 0.6) is 0 Å². The Kier molecular flexibility index (Phi) is 3.23. The number of rotatable bonds is 2. The molecule has 0 N–H and O–H groups in total. The molecule has 0 unspecified atom stereocenters. The summed E-state index contributed by atoms with van der Waals surface area (Å²) in [6.45, 7) is 0. The van der Waals surface area contributed by atoms with Crippen molar-refractivity contribution in [1.29, 1.82) is 0 Å². The Morgan fingerprint density at radius 3 is 1.92 bits per heavy atom. The van der Waals surface area contributed by atoms with Crippen molar-refractivity contribution in [1.82, 2.24) is 9.96 Å². The van der Waals surface area contributed by atoms with Crippen molar-refractivity contribution in [2.75, 3.05) is 7.05 Å². The summed E-state index contributed by atoms with van der Waals surface area (Å²) in [4.78, 5) is 66.5. The number of hydroxylamine groups is 2. The van der Waals surface area contributed by atoms with E-state index < -0.39 is 29.6 Å². The van der Waals surface area contributed by atoms with Crippen LogP contribution in [0.3, 0.4) is 0 Å². The van der Waals surface area contributed by atoms with Gasteiger partial charge in [0.25, 0.3) is 23.6 Å². The van der Waals surface area contributed by atoms with E-state index in [1.807, 2.05) is 0 Å².